The Morgan fingerprint density at radius 2 is 2.07 bits per heavy atom. The molecule has 1 aliphatic carbocycles. The van der Waals surface area contributed by atoms with Crippen LogP contribution in [-0.4, -0.2) is 22.3 Å². The van der Waals surface area contributed by atoms with Crippen LogP contribution in [0.3, 0.4) is 0 Å². The molecule has 1 aliphatic heterocycles. The van der Waals surface area contributed by atoms with Crippen LogP contribution in [0, 0.1) is 0 Å². The third kappa shape index (κ3) is 1.04. The number of nitrogens with zero attached hydrogens (tertiary/aromatic N) is 1. The number of carbonyl (C=O) groups excluding carboxylic acids is 2. The summed E-state index contributed by atoms with van der Waals surface area (Å²) in [6.45, 7) is 3.76. The lowest BCUT2D eigenvalue weighted by atomic mass is 9.73. The Morgan fingerprint density at radius 3 is 2.36 bits per heavy atom. The largest absolute Gasteiger partial charge is 0.269 e. The van der Waals surface area contributed by atoms with Crippen molar-refractivity contribution < 1.29 is 9.59 Å². The fourth-order valence-electron chi connectivity index (χ4n) is 2.36. The molecule has 76 valence electrons. The minimum Gasteiger partial charge on any atom is -0.269 e. The Kier molecular flexibility index (Phi) is 1.98. The first-order chi connectivity index (χ1) is 6.60. The smallest absolute Gasteiger partial charge is 0.257 e. The van der Waals surface area contributed by atoms with Crippen LogP contribution < -0.4 is 0 Å². The maximum Gasteiger partial charge on any atom is 0.257 e. The highest BCUT2D eigenvalue weighted by Crippen LogP contribution is 2.42. The van der Waals surface area contributed by atoms with E-state index in [1.807, 2.05) is 6.92 Å². The van der Waals surface area contributed by atoms with Gasteiger partial charge in [0, 0.05) is 11.6 Å². The van der Waals surface area contributed by atoms with Crippen LogP contribution in [0.15, 0.2) is 11.6 Å². The Labute approximate surface area is 83.8 Å². The molecule has 3 nitrogen and oxygen atoms in total. The van der Waals surface area contributed by atoms with Crippen molar-refractivity contribution in [1.82, 2.24) is 4.90 Å². The normalized spacial score (nSPS) is 25.0. The first kappa shape index (κ1) is 9.44. The molecular formula is C11H15NO2. The van der Waals surface area contributed by atoms with Crippen LogP contribution in [-0.2, 0) is 9.59 Å². The summed E-state index contributed by atoms with van der Waals surface area (Å²) < 4.78 is 0. The zero-order valence-electron chi connectivity index (χ0n) is 8.67. The maximum atomic E-state index is 11.8. The highest BCUT2D eigenvalue weighted by Gasteiger charge is 2.48. The van der Waals surface area contributed by atoms with Gasteiger partial charge in [0.2, 0.25) is 0 Å². The van der Waals surface area contributed by atoms with E-state index >= 15 is 0 Å². The summed E-state index contributed by atoms with van der Waals surface area (Å²) in [5.74, 6) is -0.203. The van der Waals surface area contributed by atoms with Gasteiger partial charge < -0.3 is 0 Å². The van der Waals surface area contributed by atoms with Crippen molar-refractivity contribution in [2.45, 2.75) is 45.1 Å². The fourth-order valence-corrected chi connectivity index (χ4v) is 2.36. The van der Waals surface area contributed by atoms with Crippen LogP contribution in [0.25, 0.3) is 0 Å². The Hall–Kier alpha value is -1.12. The van der Waals surface area contributed by atoms with Gasteiger partial charge in [0.15, 0.2) is 0 Å². The van der Waals surface area contributed by atoms with Gasteiger partial charge >= 0.3 is 0 Å². The summed E-state index contributed by atoms with van der Waals surface area (Å²) in [6.07, 6.45) is 5.41. The molecule has 0 saturated heterocycles. The lowest BCUT2D eigenvalue weighted by Gasteiger charge is -2.47. The molecule has 0 spiro atoms. The predicted molar refractivity (Wildman–Crippen MR) is 52.5 cm³/mol. The van der Waals surface area contributed by atoms with E-state index in [9.17, 15) is 9.59 Å². The molecule has 0 N–H and O–H groups in total. The van der Waals surface area contributed by atoms with Crippen molar-refractivity contribution in [2.75, 3.05) is 0 Å². The molecule has 0 radical (unpaired) electrons. The molecule has 0 aromatic heterocycles. The average Bonchev–Trinajstić information content (AvgIpc) is 2.31. The molecule has 2 aliphatic rings. The van der Waals surface area contributed by atoms with Crippen LogP contribution >= 0.6 is 0 Å². The second-order valence-electron chi connectivity index (χ2n) is 4.24. The topological polar surface area (TPSA) is 37.4 Å². The predicted octanol–water partition coefficient (Wildman–Crippen LogP) is 1.63. The molecule has 14 heavy (non-hydrogen) atoms. The van der Waals surface area contributed by atoms with Crippen molar-refractivity contribution in [3.8, 4) is 0 Å². The summed E-state index contributed by atoms with van der Waals surface area (Å²) in [7, 11) is 0. The van der Waals surface area contributed by atoms with Gasteiger partial charge in [0.25, 0.3) is 11.8 Å². The minimum atomic E-state index is -0.150. The molecule has 0 aromatic rings. The molecule has 2 rings (SSSR count). The highest BCUT2D eigenvalue weighted by atomic mass is 16.2. The maximum absolute atomic E-state index is 11.8. The molecular weight excluding hydrogens is 178 g/mol. The van der Waals surface area contributed by atoms with Crippen LogP contribution in [0.4, 0.5) is 0 Å². The van der Waals surface area contributed by atoms with Gasteiger partial charge in [-0.3, -0.25) is 14.5 Å². The number of imide groups is 1. The Morgan fingerprint density at radius 1 is 1.43 bits per heavy atom. The lowest BCUT2D eigenvalue weighted by Crippen LogP contribution is -2.56. The van der Waals surface area contributed by atoms with E-state index in [0.717, 1.165) is 25.7 Å². The zero-order valence-corrected chi connectivity index (χ0v) is 8.67. The van der Waals surface area contributed by atoms with E-state index in [0.29, 0.717) is 5.57 Å². The van der Waals surface area contributed by atoms with Gasteiger partial charge in [-0.1, -0.05) is 6.92 Å². The van der Waals surface area contributed by atoms with Gasteiger partial charge in [-0.05, 0) is 32.6 Å². The number of hydrogen-bond acceptors (Lipinski definition) is 2. The van der Waals surface area contributed by atoms with Gasteiger partial charge in [-0.25, -0.2) is 0 Å². The van der Waals surface area contributed by atoms with E-state index < -0.39 is 0 Å². The number of amides is 2. The Balaban J connectivity index is 2.28. The number of hydrogen-bond donors (Lipinski definition) is 0. The molecule has 0 bridgehead atoms. The molecule has 0 atom stereocenters. The standard InChI is InChI=1S/C11H15NO2/c1-3-11(5-4-6-11)12-9(13)7-8(2)10(12)14/h7H,3-6H2,1-2H3. The van der Waals surface area contributed by atoms with Crippen molar-refractivity contribution in [3.05, 3.63) is 11.6 Å². The van der Waals surface area contributed by atoms with Gasteiger partial charge in [-0.15, -0.1) is 0 Å². The second kappa shape index (κ2) is 2.94. The highest BCUT2D eigenvalue weighted by molar-refractivity contribution is 6.16. The monoisotopic (exact) mass is 193 g/mol. The first-order valence-electron chi connectivity index (χ1n) is 5.17. The quantitative estimate of drug-likeness (QED) is 0.625. The van der Waals surface area contributed by atoms with Gasteiger partial charge in [0.1, 0.15) is 0 Å². The summed E-state index contributed by atoms with van der Waals surface area (Å²) >= 11 is 0. The number of rotatable bonds is 2. The SMILES string of the molecule is CCC1(N2C(=O)C=C(C)C2=O)CCC1. The van der Waals surface area contributed by atoms with Crippen LogP contribution in [0.1, 0.15) is 39.5 Å². The van der Waals surface area contributed by atoms with Gasteiger partial charge in [0.05, 0.1) is 5.54 Å². The van der Waals surface area contributed by atoms with E-state index in [1.165, 1.54) is 11.0 Å². The molecule has 1 saturated carbocycles. The molecule has 0 unspecified atom stereocenters. The Bertz CT molecular complexity index is 321. The van der Waals surface area contributed by atoms with Crippen LogP contribution in [0.5, 0.6) is 0 Å². The van der Waals surface area contributed by atoms with E-state index in [-0.39, 0.29) is 17.4 Å². The first-order valence-corrected chi connectivity index (χ1v) is 5.17. The van der Waals surface area contributed by atoms with E-state index in [4.69, 9.17) is 0 Å². The van der Waals surface area contributed by atoms with E-state index in [2.05, 4.69) is 0 Å². The fraction of sp³-hybridized carbons (Fsp3) is 0.636. The molecule has 3 heteroatoms. The average molecular weight is 193 g/mol. The third-order valence-electron chi connectivity index (χ3n) is 3.52. The van der Waals surface area contributed by atoms with Crippen LogP contribution in [0.2, 0.25) is 0 Å². The van der Waals surface area contributed by atoms with Crippen molar-refractivity contribution in [3.63, 3.8) is 0 Å². The zero-order chi connectivity index (χ0) is 10.3. The van der Waals surface area contributed by atoms with Crippen molar-refractivity contribution in [1.29, 1.82) is 0 Å². The summed E-state index contributed by atoms with van der Waals surface area (Å²) in [4.78, 5) is 24.9. The molecule has 2 amide bonds. The third-order valence-corrected chi connectivity index (χ3v) is 3.52. The molecule has 1 fully saturated rings. The lowest BCUT2D eigenvalue weighted by molar-refractivity contribution is -0.148. The van der Waals surface area contributed by atoms with E-state index in [1.54, 1.807) is 6.92 Å². The van der Waals surface area contributed by atoms with Crippen molar-refractivity contribution >= 4 is 11.8 Å². The summed E-state index contributed by atoms with van der Waals surface area (Å²) in [5, 5.41) is 0. The van der Waals surface area contributed by atoms with Gasteiger partial charge in [-0.2, -0.15) is 0 Å². The summed E-state index contributed by atoms with van der Waals surface area (Å²) in [5.41, 5.74) is 0.428. The minimum absolute atomic E-state index is 0.0865. The molecule has 0 aromatic carbocycles. The molecule has 1 heterocycles. The number of carbonyl (C=O) groups is 2. The second-order valence-corrected chi connectivity index (χ2v) is 4.24. The summed E-state index contributed by atoms with van der Waals surface area (Å²) in [6, 6.07) is 0. The van der Waals surface area contributed by atoms with Crippen molar-refractivity contribution in [2.24, 2.45) is 0 Å².